The van der Waals surface area contributed by atoms with Crippen LogP contribution in [0.25, 0.3) is 0 Å². The number of nitrogens with one attached hydrogen (secondary N) is 1. The molecule has 3 rings (SSSR count). The van der Waals surface area contributed by atoms with Gasteiger partial charge in [-0.2, -0.15) is 0 Å². The smallest absolute Gasteiger partial charge is 0.338 e. The van der Waals surface area contributed by atoms with Crippen LogP contribution in [-0.2, 0) is 19.1 Å². The van der Waals surface area contributed by atoms with Crippen molar-refractivity contribution in [1.82, 2.24) is 10.2 Å². The lowest BCUT2D eigenvalue weighted by molar-refractivity contribution is -0.136. The lowest BCUT2D eigenvalue weighted by Crippen LogP contribution is -2.38. The van der Waals surface area contributed by atoms with Crippen LogP contribution in [0.1, 0.15) is 31.4 Å². The van der Waals surface area contributed by atoms with E-state index in [9.17, 15) is 9.59 Å². The van der Waals surface area contributed by atoms with E-state index < -0.39 is 12.0 Å². The van der Waals surface area contributed by atoms with Gasteiger partial charge in [0.05, 0.1) is 37.4 Å². The van der Waals surface area contributed by atoms with Crippen molar-refractivity contribution in [1.29, 1.82) is 0 Å². The van der Waals surface area contributed by atoms with Crippen LogP contribution >= 0.6 is 23.4 Å². The molecule has 0 saturated carbocycles. The Balaban J connectivity index is 2.00. The largest absolute Gasteiger partial charge is 0.466 e. The fourth-order valence-electron chi connectivity index (χ4n) is 3.42. The number of methoxy groups -OCH3 is 2. The van der Waals surface area contributed by atoms with Gasteiger partial charge < -0.3 is 19.7 Å². The number of ether oxygens (including phenoxy) is 2. The molecule has 1 N–H and O–H groups in total. The molecule has 0 aliphatic carbocycles. The summed E-state index contributed by atoms with van der Waals surface area (Å²) in [5.41, 5.74) is 2.72. The van der Waals surface area contributed by atoms with Crippen molar-refractivity contribution in [3.05, 3.63) is 57.2 Å². The minimum atomic E-state index is -0.480. The fraction of sp³-hybridized carbons (Fsp3) is 0.381. The van der Waals surface area contributed by atoms with Gasteiger partial charge in [-0.05, 0) is 29.5 Å². The van der Waals surface area contributed by atoms with E-state index in [-0.39, 0.29) is 12.3 Å². The van der Waals surface area contributed by atoms with E-state index in [4.69, 9.17) is 26.1 Å². The Labute approximate surface area is 185 Å². The molecule has 7 nitrogen and oxygen atoms in total. The van der Waals surface area contributed by atoms with E-state index in [0.717, 1.165) is 16.4 Å². The van der Waals surface area contributed by atoms with Crippen molar-refractivity contribution < 1.29 is 19.1 Å². The minimum Gasteiger partial charge on any atom is -0.466 e. The average Bonchev–Trinajstić information content (AvgIpc) is 3.14. The van der Waals surface area contributed by atoms with Crippen molar-refractivity contribution in [2.75, 3.05) is 27.4 Å². The first-order valence-corrected chi connectivity index (χ1v) is 10.8. The number of halogens is 1. The average molecular weight is 450 g/mol. The second-order valence-electron chi connectivity index (χ2n) is 6.67. The van der Waals surface area contributed by atoms with E-state index in [2.05, 4.69) is 5.32 Å². The van der Waals surface area contributed by atoms with E-state index in [1.54, 1.807) is 13.2 Å². The third kappa shape index (κ3) is 4.71. The molecule has 0 spiro atoms. The second-order valence-corrected chi connectivity index (χ2v) is 7.95. The van der Waals surface area contributed by atoms with Gasteiger partial charge >= 0.3 is 5.97 Å². The first-order chi connectivity index (χ1) is 14.5. The van der Waals surface area contributed by atoms with Crippen molar-refractivity contribution in [2.24, 2.45) is 4.99 Å². The first-order valence-electron chi connectivity index (χ1n) is 9.56. The number of amidine groups is 1. The molecule has 0 bridgehead atoms. The Hall–Kier alpha value is -2.29. The van der Waals surface area contributed by atoms with Gasteiger partial charge in [0.25, 0.3) is 0 Å². The molecule has 0 radical (unpaired) electrons. The number of carbonyl (C=O) groups is 2. The van der Waals surface area contributed by atoms with Gasteiger partial charge in [-0.25, -0.2) is 9.79 Å². The van der Waals surface area contributed by atoms with Crippen LogP contribution in [-0.4, -0.2) is 49.3 Å². The van der Waals surface area contributed by atoms with Crippen LogP contribution in [0.3, 0.4) is 0 Å². The minimum absolute atomic E-state index is 0.130. The number of rotatable bonds is 8. The van der Waals surface area contributed by atoms with Crippen LogP contribution in [0.15, 0.2) is 51.6 Å². The van der Waals surface area contributed by atoms with Gasteiger partial charge in [0, 0.05) is 24.4 Å². The molecule has 1 aromatic rings. The van der Waals surface area contributed by atoms with Crippen molar-refractivity contribution >= 4 is 40.4 Å². The van der Waals surface area contributed by atoms with Gasteiger partial charge in [0.1, 0.15) is 0 Å². The maximum Gasteiger partial charge on any atom is 0.338 e. The van der Waals surface area contributed by atoms with E-state index in [1.807, 2.05) is 35.4 Å². The molecule has 1 aromatic carbocycles. The zero-order chi connectivity index (χ0) is 21.7. The molecule has 160 valence electrons. The van der Waals surface area contributed by atoms with Crippen molar-refractivity contribution in [2.45, 2.75) is 25.8 Å². The highest BCUT2D eigenvalue weighted by Crippen LogP contribution is 2.45. The summed E-state index contributed by atoms with van der Waals surface area (Å²) in [7, 11) is 2.94. The SMILES string of the molecule is CCC1=C(C(=O)OC)C(c2cccc(Cl)c2)N2C(CC(=O)NCCOC)=CSC2=N1. The van der Waals surface area contributed by atoms with Gasteiger partial charge in [-0.1, -0.05) is 42.4 Å². The van der Waals surface area contributed by atoms with Crippen molar-refractivity contribution in [3.63, 3.8) is 0 Å². The molecule has 1 amide bonds. The van der Waals surface area contributed by atoms with E-state index >= 15 is 0 Å². The Morgan fingerprint density at radius 2 is 2.13 bits per heavy atom. The summed E-state index contributed by atoms with van der Waals surface area (Å²) in [6, 6.07) is 6.88. The predicted octanol–water partition coefficient (Wildman–Crippen LogP) is 3.63. The molecular weight excluding hydrogens is 426 g/mol. The maximum atomic E-state index is 12.8. The third-order valence-corrected chi connectivity index (χ3v) is 5.89. The van der Waals surface area contributed by atoms with Gasteiger partial charge in [-0.15, -0.1) is 0 Å². The molecule has 1 atom stereocenters. The van der Waals surface area contributed by atoms with Crippen LogP contribution in [0.2, 0.25) is 5.02 Å². The molecule has 0 fully saturated rings. The number of carbonyl (C=O) groups excluding carboxylic acids is 2. The van der Waals surface area contributed by atoms with E-state index in [0.29, 0.717) is 35.9 Å². The monoisotopic (exact) mass is 449 g/mol. The molecule has 9 heteroatoms. The lowest BCUT2D eigenvalue weighted by atomic mass is 9.93. The highest BCUT2D eigenvalue weighted by atomic mass is 35.5. The summed E-state index contributed by atoms with van der Waals surface area (Å²) in [6.45, 7) is 2.82. The molecule has 30 heavy (non-hydrogen) atoms. The first kappa shape index (κ1) is 22.4. The van der Waals surface area contributed by atoms with Crippen LogP contribution < -0.4 is 5.32 Å². The number of allylic oxidation sites excluding steroid dienone is 1. The molecule has 2 aliphatic rings. The number of thioether (sulfide) groups is 1. The summed E-state index contributed by atoms with van der Waals surface area (Å²) < 4.78 is 10.1. The zero-order valence-corrected chi connectivity index (χ0v) is 18.7. The highest BCUT2D eigenvalue weighted by Gasteiger charge is 2.41. The molecule has 1 unspecified atom stereocenters. The quantitative estimate of drug-likeness (QED) is 0.482. The van der Waals surface area contributed by atoms with Gasteiger partial charge in [0.15, 0.2) is 5.17 Å². The summed E-state index contributed by atoms with van der Waals surface area (Å²) in [6.07, 6.45) is 0.731. The maximum absolute atomic E-state index is 12.8. The molecule has 2 aliphatic heterocycles. The Kier molecular flexibility index (Phi) is 7.58. The molecular formula is C21H24ClN3O4S. The predicted molar refractivity (Wildman–Crippen MR) is 118 cm³/mol. The van der Waals surface area contributed by atoms with E-state index in [1.165, 1.54) is 18.9 Å². The van der Waals surface area contributed by atoms with Gasteiger partial charge in [-0.3, -0.25) is 4.79 Å². The number of esters is 1. The number of nitrogens with zero attached hydrogens (tertiary/aromatic N) is 2. The zero-order valence-electron chi connectivity index (χ0n) is 17.1. The second kappa shape index (κ2) is 10.1. The third-order valence-electron chi connectivity index (χ3n) is 4.76. The topological polar surface area (TPSA) is 80.2 Å². The standard InChI is InChI=1S/C21H24ClN3O4S/c1-4-16-18(20(27)29-3)19(13-6-5-7-14(22)10-13)25-15(12-30-21(25)24-16)11-17(26)23-8-9-28-2/h5-7,10,12,19H,4,8-9,11H2,1-3H3,(H,23,26). The van der Waals surface area contributed by atoms with Crippen LogP contribution in [0, 0.1) is 0 Å². The van der Waals surface area contributed by atoms with Crippen LogP contribution in [0.4, 0.5) is 0 Å². The number of hydrogen-bond acceptors (Lipinski definition) is 7. The number of aliphatic imine (C=N–C) groups is 1. The molecule has 0 aromatic heterocycles. The summed E-state index contributed by atoms with van der Waals surface area (Å²) in [5, 5.41) is 6.02. The number of fused-ring (bicyclic) bond motifs is 1. The molecule has 0 saturated heterocycles. The summed E-state index contributed by atoms with van der Waals surface area (Å²) in [5.74, 6) is -0.574. The highest BCUT2D eigenvalue weighted by molar-refractivity contribution is 8.16. The number of benzene rings is 1. The Morgan fingerprint density at radius 3 is 2.80 bits per heavy atom. The number of hydrogen-bond donors (Lipinski definition) is 1. The summed E-state index contributed by atoms with van der Waals surface area (Å²) in [4.78, 5) is 31.8. The van der Waals surface area contributed by atoms with Crippen LogP contribution in [0.5, 0.6) is 0 Å². The lowest BCUT2D eigenvalue weighted by Gasteiger charge is -2.36. The molecule has 2 heterocycles. The number of amides is 1. The Morgan fingerprint density at radius 1 is 1.33 bits per heavy atom. The summed E-state index contributed by atoms with van der Waals surface area (Å²) >= 11 is 7.69. The normalized spacial score (nSPS) is 18.0. The Bertz CT molecular complexity index is 929. The fourth-order valence-corrected chi connectivity index (χ4v) is 4.56. The van der Waals surface area contributed by atoms with Gasteiger partial charge in [0.2, 0.25) is 5.91 Å². The van der Waals surface area contributed by atoms with Crippen molar-refractivity contribution in [3.8, 4) is 0 Å².